The molecule has 6 atom stereocenters. The van der Waals surface area contributed by atoms with E-state index in [9.17, 15) is 15.3 Å². The molecule has 6 N–H and O–H groups in total. The summed E-state index contributed by atoms with van der Waals surface area (Å²) < 4.78 is 56.8. The van der Waals surface area contributed by atoms with E-state index < -0.39 is 0 Å². The van der Waals surface area contributed by atoms with E-state index >= 15 is 0 Å². The maximum absolute atomic E-state index is 9.69. The van der Waals surface area contributed by atoms with Gasteiger partial charge < -0.3 is 78.0 Å². The smallest absolute Gasteiger partial charge is 0.130 e. The predicted octanol–water partition coefficient (Wildman–Crippen LogP) is 31.1. The van der Waals surface area contributed by atoms with Crippen molar-refractivity contribution < 1.29 is 78.0 Å². The van der Waals surface area contributed by atoms with Crippen LogP contribution < -0.4 is 28.4 Å². The third kappa shape index (κ3) is 47.7. The molecule has 9 aromatic carbocycles. The van der Waals surface area contributed by atoms with Gasteiger partial charge in [0, 0.05) is 67.2 Å². The first-order valence-electron chi connectivity index (χ1n) is 41.4. The van der Waals surface area contributed by atoms with Crippen molar-refractivity contribution >= 4 is 11.6 Å². The van der Waals surface area contributed by atoms with Gasteiger partial charge in [-0.3, -0.25) is 0 Å². The summed E-state index contributed by atoms with van der Waals surface area (Å²) in [5.41, 5.74) is 16.0. The normalized spacial score (nSPS) is 11.7. The minimum Gasteiger partial charge on any atom is -0.508 e. The maximum Gasteiger partial charge on any atom is 0.130 e. The summed E-state index contributed by atoms with van der Waals surface area (Å²) in [6.45, 7) is 38.4. The lowest BCUT2D eigenvalue weighted by Crippen LogP contribution is -2.25. The number of rotatable bonds is 39. The van der Waals surface area contributed by atoms with Gasteiger partial charge in [-0.05, 0) is 213 Å². The Morgan fingerprint density at radius 2 is 0.589 bits per heavy atom. The molecule has 0 fully saturated rings. The lowest BCUT2D eigenvalue weighted by molar-refractivity contribution is 0.163. The molecule has 0 amide bonds. The van der Waals surface area contributed by atoms with Gasteiger partial charge in [0.25, 0.3) is 0 Å². The van der Waals surface area contributed by atoms with Crippen molar-refractivity contribution in [3.63, 3.8) is 0 Å². The molecule has 738 valence electrons. The Morgan fingerprint density at radius 3 is 0.876 bits per heavy atom. The topological polar surface area (TPSA) is 214 Å². The number of methoxy groups -OCH3 is 4. The highest BCUT2D eigenvalue weighted by Crippen LogP contribution is 2.36. The van der Waals surface area contributed by atoms with E-state index in [-0.39, 0.29) is 125 Å². The first-order chi connectivity index (χ1) is 56.1. The number of phenols is 3. The Bertz CT molecular complexity index is 4100. The summed E-state index contributed by atoms with van der Waals surface area (Å²) in [7, 11) is 6.76. The lowest BCUT2D eigenvalue weighted by Gasteiger charge is -2.26. The molecule has 17 heteroatoms. The number of benzene rings is 9. The van der Waals surface area contributed by atoms with Crippen molar-refractivity contribution in [3.05, 3.63) is 265 Å². The molecule has 0 aliphatic carbocycles. The van der Waals surface area contributed by atoms with Gasteiger partial charge in [0.2, 0.25) is 0 Å². The van der Waals surface area contributed by atoms with Crippen molar-refractivity contribution in [2.24, 2.45) is 0 Å². The van der Waals surface area contributed by atoms with Crippen LogP contribution in [0.25, 0.3) is 0 Å². The SMILES string of the molecule is C.C.C.C.C.C.C.C.C.C.C.C.CCC(C)(CO)c1ccc(OCCOc2c(COC)cc(C(C)C)cc2COC)cc1.CCC(C)(Cl)c1ccc(O)cc1.CCC(C)c1ccc(O)cc1.CCC(C)c1ccc(OCCOc2c(CO)cc(C)cc2CO)cc1.CCC(C)c1ccc(OCCOc2c(COC)cc(C)cc2COC)cc1.CCC(C)c1cccc(O)c1. The fourth-order valence-corrected chi connectivity index (χ4v) is 12.6. The molecule has 16 nitrogen and oxygen atoms in total. The van der Waals surface area contributed by atoms with Crippen LogP contribution in [0.2, 0.25) is 0 Å². The van der Waals surface area contributed by atoms with Crippen LogP contribution >= 0.6 is 11.6 Å². The Morgan fingerprint density at radius 1 is 0.310 bits per heavy atom. The average Bonchev–Trinajstić information content (AvgIpc) is 0.816. The second kappa shape index (κ2) is 74.8. The van der Waals surface area contributed by atoms with E-state index in [2.05, 4.69) is 139 Å². The largest absolute Gasteiger partial charge is 0.508 e. The Labute approximate surface area is 794 Å². The van der Waals surface area contributed by atoms with Crippen LogP contribution in [0.15, 0.2) is 182 Å². The summed E-state index contributed by atoms with van der Waals surface area (Å²) in [5, 5.41) is 55.9. The van der Waals surface area contributed by atoms with Crippen LogP contribution in [-0.2, 0) is 68.9 Å². The highest BCUT2D eigenvalue weighted by atomic mass is 35.5. The number of aliphatic hydroxyl groups excluding tert-OH is 3. The predicted molar refractivity (Wildman–Crippen MR) is 558 cm³/mol. The van der Waals surface area contributed by atoms with Crippen molar-refractivity contribution in [1.29, 1.82) is 0 Å². The van der Waals surface area contributed by atoms with Crippen molar-refractivity contribution in [1.82, 2.24) is 0 Å². The number of phenolic OH excluding ortho intramolecular Hbond substituents is 3. The van der Waals surface area contributed by atoms with Gasteiger partial charge >= 0.3 is 0 Å². The van der Waals surface area contributed by atoms with Crippen LogP contribution in [0.5, 0.6) is 51.7 Å². The van der Waals surface area contributed by atoms with Gasteiger partial charge in [0.1, 0.15) is 91.4 Å². The number of hydrogen-bond donors (Lipinski definition) is 6. The summed E-state index contributed by atoms with van der Waals surface area (Å²) in [6, 6.07) is 58.5. The zero-order chi connectivity index (χ0) is 86.5. The van der Waals surface area contributed by atoms with Gasteiger partial charge in [0.15, 0.2) is 0 Å². The first kappa shape index (κ1) is 138. The maximum atomic E-state index is 9.69. The van der Waals surface area contributed by atoms with E-state index in [1.807, 2.05) is 124 Å². The summed E-state index contributed by atoms with van der Waals surface area (Å²) in [4.78, 5) is -0.312. The summed E-state index contributed by atoms with van der Waals surface area (Å²) >= 11 is 6.22. The van der Waals surface area contributed by atoms with Crippen molar-refractivity contribution in [3.8, 4) is 51.7 Å². The van der Waals surface area contributed by atoms with Crippen LogP contribution in [0.1, 0.15) is 338 Å². The molecule has 9 rings (SSSR count). The second-order valence-electron chi connectivity index (χ2n) is 30.5. The number of hydrogen-bond acceptors (Lipinski definition) is 16. The molecule has 0 aliphatic heterocycles. The number of alkyl halides is 1. The molecule has 0 bridgehead atoms. The fraction of sp³-hybridized carbons (Fsp3) is 0.518. The molecule has 129 heavy (non-hydrogen) atoms. The van der Waals surface area contributed by atoms with E-state index in [4.69, 9.17) is 74.3 Å². The molecule has 0 heterocycles. The zero-order valence-electron chi connectivity index (χ0n) is 73.8. The number of ether oxygens (including phenoxy) is 10. The molecule has 6 unspecified atom stereocenters. The number of aromatic hydroxyl groups is 3. The van der Waals surface area contributed by atoms with Crippen LogP contribution in [0.4, 0.5) is 0 Å². The Balaban J connectivity index is -0.000000195. The minimum atomic E-state index is -0.312. The highest BCUT2D eigenvalue weighted by Gasteiger charge is 2.24. The van der Waals surface area contributed by atoms with Gasteiger partial charge in [-0.15, -0.1) is 11.6 Å². The Kier molecular flexibility index (Phi) is 80.1. The average molecular weight is 1830 g/mol. The van der Waals surface area contributed by atoms with E-state index in [1.54, 1.807) is 58.8 Å². The lowest BCUT2D eigenvalue weighted by atomic mass is 9.81. The summed E-state index contributed by atoms with van der Waals surface area (Å²) in [5.74, 6) is 8.31. The molecule has 0 spiro atoms. The molecular weight excluding hydrogens is 1640 g/mol. The van der Waals surface area contributed by atoms with E-state index in [0.29, 0.717) is 124 Å². The number of halogens is 1. The van der Waals surface area contributed by atoms with Gasteiger partial charge in [0.05, 0.1) is 51.1 Å². The summed E-state index contributed by atoms with van der Waals surface area (Å²) in [6.07, 6.45) is 6.26. The van der Waals surface area contributed by atoms with Crippen LogP contribution in [0.3, 0.4) is 0 Å². The first-order valence-corrected chi connectivity index (χ1v) is 41.8. The van der Waals surface area contributed by atoms with Gasteiger partial charge in [-0.25, -0.2) is 0 Å². The fourth-order valence-electron chi connectivity index (χ4n) is 12.5. The van der Waals surface area contributed by atoms with Crippen LogP contribution in [0, 0.1) is 13.8 Å². The number of aliphatic hydroxyl groups is 3. The molecule has 0 aromatic heterocycles. The van der Waals surface area contributed by atoms with E-state index in [1.165, 1.54) is 33.4 Å². The molecular formula is C112H187ClO16. The third-order valence-electron chi connectivity index (χ3n) is 21.1. The molecule has 0 radical (unpaired) electrons. The Hall–Kier alpha value is -8.81. The molecule has 0 saturated carbocycles. The van der Waals surface area contributed by atoms with Crippen molar-refractivity contribution in [2.75, 3.05) is 74.7 Å². The van der Waals surface area contributed by atoms with Crippen molar-refractivity contribution in [2.45, 2.75) is 318 Å². The minimum absolute atomic E-state index is 0. The molecule has 0 aliphatic rings. The zero-order valence-corrected chi connectivity index (χ0v) is 74.5. The monoisotopic (exact) mass is 1820 g/mol. The molecule has 9 aromatic rings. The third-order valence-corrected chi connectivity index (χ3v) is 21.6. The molecule has 0 saturated heterocycles. The quantitative estimate of drug-likeness (QED) is 0.0156. The van der Waals surface area contributed by atoms with Gasteiger partial charge in [-0.1, -0.05) is 287 Å². The highest BCUT2D eigenvalue weighted by molar-refractivity contribution is 6.23. The van der Waals surface area contributed by atoms with Crippen LogP contribution in [-0.4, -0.2) is 105 Å². The van der Waals surface area contributed by atoms with E-state index in [0.717, 1.165) is 106 Å². The standard InChI is InChI=1S/C26H38O5.C23H32O4.C21H28O4.C10H13ClO.2C10H14O.12CH4/c1-7-26(4,18-27)23-8-10-24(11-9-23)30-12-13-31-25-21(16-28-5)14-20(19(2)3)15-22(25)17-29-6;1-6-18(3)19-7-9-22(10-8-19)26-11-12-27-23-20(15-24-4)13-17(2)14-21(23)16-25-5;1-4-16(3)17-5-7-20(8-6-17)24-9-10-25-21-18(13-22)11-15(2)12-19(21)14-23;1-3-10(2,11)8-4-6-9(12)7-5-8;1-3-8(2)9-4-6-10(11)7-5-9;1-3-8(2)9-5-4-6-10(11)7-9;;;;;;;;;;;;/h8-11,14-15,19,27H,7,12-13,16-18H2,1-6H3;7-10,13-14,18H,6,11-12,15-16H2,1-5H3;5-8,11-12,16,22-23H,4,9-10,13-14H2,1-3H3;4-7,12H,3H2,1-2H3;2*4-8,11H,3H2,1-2H3;12*1H4. The second-order valence-corrected chi connectivity index (χ2v) is 31.4. The number of aryl methyl sites for hydroxylation is 2. The van der Waals surface area contributed by atoms with Gasteiger partial charge in [-0.2, -0.15) is 0 Å².